The molecule has 0 saturated carbocycles. The van der Waals surface area contributed by atoms with E-state index in [1.54, 1.807) is 0 Å². The molecule has 1 N–H and O–H groups in total. The van der Waals surface area contributed by atoms with Gasteiger partial charge in [0.2, 0.25) is 0 Å². The van der Waals surface area contributed by atoms with Crippen LogP contribution in [-0.4, -0.2) is 18.0 Å². The molecule has 0 spiro atoms. The molecule has 0 amide bonds. The zero-order valence-corrected chi connectivity index (χ0v) is 6.06. The predicted molar refractivity (Wildman–Crippen MR) is 39.5 cm³/mol. The van der Waals surface area contributed by atoms with Crippen molar-refractivity contribution in [3.63, 3.8) is 0 Å². The monoisotopic (exact) mass is 206 g/mol. The van der Waals surface area contributed by atoms with Crippen LogP contribution in [0.2, 0.25) is 0 Å². The lowest BCUT2D eigenvalue weighted by Crippen LogP contribution is -2.00. The lowest BCUT2D eigenvalue weighted by Gasteiger charge is -1.74. The van der Waals surface area contributed by atoms with Crippen molar-refractivity contribution in [1.29, 1.82) is 0 Å². The minimum absolute atomic E-state index is 1.05. The maximum Gasteiger partial charge on any atom is 0.144 e. The van der Waals surface area contributed by atoms with Crippen molar-refractivity contribution in [3.05, 3.63) is 9.90 Å². The molecule has 0 radical (unpaired) electrons. The topological polar surface area (TPSA) is 28.7 Å². The zero-order chi connectivity index (χ0) is 5.28. The number of rotatable bonds is 0. The third kappa shape index (κ3) is 0.962. The van der Waals surface area contributed by atoms with Crippen molar-refractivity contribution in [2.45, 2.75) is 0 Å². The first-order valence-corrected chi connectivity index (χ1v) is 3.04. The maximum atomic E-state index is 3.88. The van der Waals surface area contributed by atoms with Crippen molar-refractivity contribution >= 4 is 35.9 Å². The Balaban J connectivity index is 3.12. The van der Waals surface area contributed by atoms with E-state index < -0.39 is 0 Å². The van der Waals surface area contributed by atoms with Gasteiger partial charge in [0.25, 0.3) is 0 Å². The second-order valence-corrected chi connectivity index (χ2v) is 2.38. The average molecular weight is 206 g/mol. The minimum atomic E-state index is 1.05. The standard InChI is InChI=1S/C3H4BIN2/c4-2-1-6-7-3(2)5/h1H,4H2,(H,6,7). The van der Waals surface area contributed by atoms with Gasteiger partial charge in [0.1, 0.15) is 11.5 Å². The van der Waals surface area contributed by atoms with Crippen LogP contribution in [0.5, 0.6) is 0 Å². The Morgan fingerprint density at radius 2 is 2.57 bits per heavy atom. The van der Waals surface area contributed by atoms with E-state index >= 15 is 0 Å². The van der Waals surface area contributed by atoms with Gasteiger partial charge in [-0.25, -0.2) is 0 Å². The van der Waals surface area contributed by atoms with Crippen LogP contribution in [0.4, 0.5) is 0 Å². The second-order valence-electron chi connectivity index (χ2n) is 1.36. The molecule has 0 saturated heterocycles. The molecule has 0 aromatic carbocycles. The normalized spacial score (nSPS) is 9.29. The molecule has 0 atom stereocenters. The summed E-state index contributed by atoms with van der Waals surface area (Å²) >= 11 is 2.18. The van der Waals surface area contributed by atoms with Gasteiger partial charge in [-0.05, 0) is 28.1 Å². The summed E-state index contributed by atoms with van der Waals surface area (Å²) < 4.78 is 1.05. The molecule has 36 valence electrons. The SMILES string of the molecule is Bc1c[nH]nc1I. The van der Waals surface area contributed by atoms with Crippen LogP contribution >= 0.6 is 22.6 Å². The van der Waals surface area contributed by atoms with E-state index in [1.165, 1.54) is 5.46 Å². The fourth-order valence-corrected chi connectivity index (χ4v) is 0.628. The summed E-state index contributed by atoms with van der Waals surface area (Å²) in [7, 11) is 2.02. The lowest BCUT2D eigenvalue weighted by atomic mass is 10.0. The number of aromatic amines is 1. The lowest BCUT2D eigenvalue weighted by molar-refractivity contribution is 1.07. The molecule has 1 rings (SSSR count). The van der Waals surface area contributed by atoms with Crippen molar-refractivity contribution in [2.24, 2.45) is 0 Å². The maximum absolute atomic E-state index is 3.88. The molecule has 4 heteroatoms. The molecular formula is C3H4BIN2. The first-order chi connectivity index (χ1) is 3.30. The van der Waals surface area contributed by atoms with Crippen molar-refractivity contribution in [2.75, 3.05) is 0 Å². The van der Waals surface area contributed by atoms with E-state index in [1.807, 2.05) is 14.0 Å². The van der Waals surface area contributed by atoms with Crippen LogP contribution in [0.3, 0.4) is 0 Å². The van der Waals surface area contributed by atoms with Crippen molar-refractivity contribution < 1.29 is 0 Å². The third-order valence-corrected chi connectivity index (χ3v) is 1.86. The molecule has 0 aliphatic carbocycles. The number of hydrogen-bond acceptors (Lipinski definition) is 1. The van der Waals surface area contributed by atoms with Gasteiger partial charge in [0, 0.05) is 6.20 Å². The van der Waals surface area contributed by atoms with Crippen LogP contribution in [0.1, 0.15) is 0 Å². The second kappa shape index (κ2) is 1.86. The third-order valence-electron chi connectivity index (χ3n) is 0.769. The smallest absolute Gasteiger partial charge is 0.144 e. The summed E-state index contributed by atoms with van der Waals surface area (Å²) in [5.74, 6) is 0. The molecular weight excluding hydrogens is 202 g/mol. The Bertz CT molecular complexity index is 145. The van der Waals surface area contributed by atoms with Crippen LogP contribution in [0, 0.1) is 3.70 Å². The predicted octanol–water partition coefficient (Wildman–Crippen LogP) is -0.727. The highest BCUT2D eigenvalue weighted by Gasteiger charge is 1.90. The molecule has 0 aliphatic heterocycles. The Labute approximate surface area is 56.2 Å². The summed E-state index contributed by atoms with van der Waals surface area (Å²) in [6.07, 6.45) is 1.88. The van der Waals surface area contributed by atoms with E-state index in [0.29, 0.717) is 0 Å². The van der Waals surface area contributed by atoms with Gasteiger partial charge < -0.3 is 0 Å². The first-order valence-electron chi connectivity index (χ1n) is 1.96. The number of nitrogens with one attached hydrogen (secondary N) is 1. The van der Waals surface area contributed by atoms with E-state index in [0.717, 1.165) is 3.70 Å². The van der Waals surface area contributed by atoms with E-state index in [-0.39, 0.29) is 0 Å². The summed E-state index contributed by atoms with van der Waals surface area (Å²) in [6, 6.07) is 0. The average Bonchev–Trinajstić information content (AvgIpc) is 1.91. The number of nitrogens with zero attached hydrogens (tertiary/aromatic N) is 1. The van der Waals surface area contributed by atoms with Gasteiger partial charge in [-0.15, -0.1) is 0 Å². The van der Waals surface area contributed by atoms with E-state index in [2.05, 4.69) is 32.8 Å². The minimum Gasteiger partial charge on any atom is -0.285 e. The van der Waals surface area contributed by atoms with Crippen LogP contribution in [0.25, 0.3) is 0 Å². The Hall–Kier alpha value is 0.00494. The van der Waals surface area contributed by atoms with Gasteiger partial charge >= 0.3 is 0 Å². The van der Waals surface area contributed by atoms with E-state index in [4.69, 9.17) is 0 Å². The van der Waals surface area contributed by atoms with Gasteiger partial charge in [-0.2, -0.15) is 5.10 Å². The Kier molecular flexibility index (Phi) is 1.36. The summed E-state index contributed by atoms with van der Waals surface area (Å²) in [5, 5.41) is 6.62. The van der Waals surface area contributed by atoms with Crippen molar-refractivity contribution in [3.8, 4) is 0 Å². The van der Waals surface area contributed by atoms with Crippen LogP contribution < -0.4 is 5.46 Å². The van der Waals surface area contributed by atoms with Crippen LogP contribution in [0.15, 0.2) is 6.20 Å². The fourth-order valence-electron chi connectivity index (χ4n) is 0.334. The van der Waals surface area contributed by atoms with E-state index in [9.17, 15) is 0 Å². The van der Waals surface area contributed by atoms with Gasteiger partial charge in [0.05, 0.1) is 0 Å². The number of aromatic nitrogens is 2. The highest BCUT2D eigenvalue weighted by atomic mass is 127. The number of halogens is 1. The molecule has 0 fully saturated rings. The fraction of sp³-hybridized carbons (Fsp3) is 0. The summed E-state index contributed by atoms with van der Waals surface area (Å²) in [6.45, 7) is 0. The molecule has 1 aromatic heterocycles. The molecule has 0 bridgehead atoms. The van der Waals surface area contributed by atoms with Gasteiger partial charge in [-0.1, -0.05) is 0 Å². The molecule has 7 heavy (non-hydrogen) atoms. The first kappa shape index (κ1) is 5.15. The summed E-state index contributed by atoms with van der Waals surface area (Å²) in [5.41, 5.74) is 1.21. The molecule has 0 unspecified atom stereocenters. The van der Waals surface area contributed by atoms with Gasteiger partial charge in [0.15, 0.2) is 0 Å². The highest BCUT2D eigenvalue weighted by Crippen LogP contribution is 1.89. The Morgan fingerprint density at radius 1 is 1.86 bits per heavy atom. The van der Waals surface area contributed by atoms with Crippen molar-refractivity contribution in [1.82, 2.24) is 10.2 Å². The number of hydrogen-bond donors (Lipinski definition) is 1. The van der Waals surface area contributed by atoms with Crippen LogP contribution in [-0.2, 0) is 0 Å². The highest BCUT2D eigenvalue weighted by molar-refractivity contribution is 14.1. The number of H-pyrrole nitrogens is 1. The van der Waals surface area contributed by atoms with Gasteiger partial charge in [-0.3, -0.25) is 5.10 Å². The molecule has 2 nitrogen and oxygen atoms in total. The quantitative estimate of drug-likeness (QED) is 0.440. The molecule has 1 heterocycles. The zero-order valence-electron chi connectivity index (χ0n) is 3.90. The summed E-state index contributed by atoms with van der Waals surface area (Å²) in [4.78, 5) is 0. The largest absolute Gasteiger partial charge is 0.285 e. The molecule has 1 aromatic rings. The molecule has 0 aliphatic rings. The Morgan fingerprint density at radius 3 is 2.71 bits per heavy atom.